The molecule has 3 aromatic heterocycles. The van der Waals surface area contributed by atoms with Crippen molar-refractivity contribution in [2.45, 2.75) is 11.9 Å². The van der Waals surface area contributed by atoms with Crippen LogP contribution in [0.15, 0.2) is 78.1 Å². The van der Waals surface area contributed by atoms with E-state index in [4.69, 9.17) is 9.47 Å². The fourth-order valence-corrected chi connectivity index (χ4v) is 4.17. The Morgan fingerprint density at radius 2 is 1.78 bits per heavy atom. The molecule has 11 heteroatoms. The lowest BCUT2D eigenvalue weighted by molar-refractivity contribution is 0.433. The van der Waals surface area contributed by atoms with Crippen LogP contribution in [0.25, 0.3) is 22.6 Å². The van der Waals surface area contributed by atoms with Gasteiger partial charge >= 0.3 is 0 Å². The summed E-state index contributed by atoms with van der Waals surface area (Å²) in [5, 5.41) is -0.0630. The van der Waals surface area contributed by atoms with E-state index in [1.807, 2.05) is 0 Å². The van der Waals surface area contributed by atoms with Crippen molar-refractivity contribution < 1.29 is 26.7 Å². The van der Waals surface area contributed by atoms with E-state index in [2.05, 4.69) is 19.9 Å². The highest BCUT2D eigenvalue weighted by Crippen LogP contribution is 2.37. The molecule has 5 rings (SSSR count). The zero-order valence-electron chi connectivity index (χ0n) is 18.8. The van der Waals surface area contributed by atoms with Crippen molar-refractivity contribution >= 4 is 20.9 Å². The molecule has 0 fully saturated rings. The van der Waals surface area contributed by atoms with Crippen molar-refractivity contribution in [2.24, 2.45) is 0 Å². The van der Waals surface area contributed by atoms with Crippen LogP contribution >= 0.6 is 0 Å². The minimum atomic E-state index is -3.46. The molecule has 2 aromatic carbocycles. The minimum Gasteiger partial charge on any atom is -0.456 e. The second kappa shape index (κ2) is 9.34. The number of benzene rings is 2. The number of pyridine rings is 2. The van der Waals surface area contributed by atoms with Gasteiger partial charge in [0.15, 0.2) is 38.0 Å². The zero-order chi connectivity index (χ0) is 25.3. The summed E-state index contributed by atoms with van der Waals surface area (Å²) in [6.07, 6.45) is 2.90. The lowest BCUT2D eigenvalue weighted by Gasteiger charge is -2.11. The summed E-state index contributed by atoms with van der Waals surface area (Å²) in [6, 6.07) is 14.1. The van der Waals surface area contributed by atoms with Gasteiger partial charge in [-0.15, -0.1) is 0 Å². The largest absolute Gasteiger partial charge is 0.456 e. The summed E-state index contributed by atoms with van der Waals surface area (Å²) in [7, 11) is -3.46. The summed E-state index contributed by atoms with van der Waals surface area (Å²) in [5.74, 6) is -0.770. The van der Waals surface area contributed by atoms with E-state index in [1.54, 1.807) is 30.5 Å². The molecule has 0 spiro atoms. The maximum absolute atomic E-state index is 14.3. The summed E-state index contributed by atoms with van der Waals surface area (Å²) >= 11 is 0. The Morgan fingerprint density at radius 1 is 0.917 bits per heavy atom. The minimum absolute atomic E-state index is 0.0630. The van der Waals surface area contributed by atoms with E-state index in [0.29, 0.717) is 22.6 Å². The SMILES string of the molecule is CCS(=O)(=O)c1ccc(Oc2cc(Oc3cc(F)ccc3F)c3nc(-c4ccccn4)[nH]c3c2)cn1. The Hall–Kier alpha value is -4.38. The average Bonchev–Trinajstić information content (AvgIpc) is 3.32. The first-order chi connectivity index (χ1) is 17.3. The van der Waals surface area contributed by atoms with E-state index < -0.39 is 21.5 Å². The number of halogens is 2. The normalized spacial score (nSPS) is 11.5. The number of ether oxygens (including phenoxy) is 2. The number of aromatic nitrogens is 4. The van der Waals surface area contributed by atoms with Gasteiger partial charge in [-0.3, -0.25) is 4.98 Å². The van der Waals surface area contributed by atoms with Gasteiger partial charge in [-0.1, -0.05) is 13.0 Å². The van der Waals surface area contributed by atoms with Crippen molar-refractivity contribution in [3.63, 3.8) is 0 Å². The first-order valence-electron chi connectivity index (χ1n) is 10.8. The van der Waals surface area contributed by atoms with Gasteiger partial charge in [-0.2, -0.15) is 0 Å². The first-order valence-corrected chi connectivity index (χ1v) is 12.4. The standard InChI is InChI=1S/C25H18F2N4O4S/c1-2-36(32,33)23-9-7-16(14-29-23)34-17-12-20-24(31-25(30-20)19-5-3-4-10-28-19)22(13-17)35-21-11-15(26)6-8-18(21)27/h3-14H,2H2,1H3,(H,30,31). The van der Waals surface area contributed by atoms with Gasteiger partial charge in [0, 0.05) is 24.4 Å². The third kappa shape index (κ3) is 4.73. The third-order valence-corrected chi connectivity index (χ3v) is 6.83. The molecule has 0 atom stereocenters. The van der Waals surface area contributed by atoms with Crippen LogP contribution in [0.5, 0.6) is 23.0 Å². The van der Waals surface area contributed by atoms with Crippen molar-refractivity contribution in [3.05, 3.63) is 84.7 Å². The van der Waals surface area contributed by atoms with Crippen LogP contribution in [0.1, 0.15) is 6.92 Å². The van der Waals surface area contributed by atoms with Gasteiger partial charge in [-0.05, 0) is 36.4 Å². The second-order valence-electron chi connectivity index (χ2n) is 7.63. The van der Waals surface area contributed by atoms with Crippen LogP contribution in [0.2, 0.25) is 0 Å². The quantitative estimate of drug-likeness (QED) is 0.302. The molecule has 0 saturated heterocycles. The van der Waals surface area contributed by atoms with Gasteiger partial charge in [0.2, 0.25) is 0 Å². The van der Waals surface area contributed by atoms with Crippen LogP contribution < -0.4 is 9.47 Å². The number of nitrogens with one attached hydrogen (secondary N) is 1. The predicted molar refractivity (Wildman–Crippen MR) is 128 cm³/mol. The van der Waals surface area contributed by atoms with E-state index in [9.17, 15) is 17.2 Å². The summed E-state index contributed by atoms with van der Waals surface area (Å²) in [4.78, 5) is 15.9. The monoisotopic (exact) mass is 508 g/mol. The number of sulfone groups is 1. The maximum atomic E-state index is 14.3. The fraction of sp³-hybridized carbons (Fsp3) is 0.0800. The van der Waals surface area contributed by atoms with Crippen LogP contribution in [-0.2, 0) is 9.84 Å². The highest BCUT2D eigenvalue weighted by molar-refractivity contribution is 7.91. The van der Waals surface area contributed by atoms with Gasteiger partial charge in [0.1, 0.15) is 28.5 Å². The van der Waals surface area contributed by atoms with Crippen molar-refractivity contribution in [1.82, 2.24) is 19.9 Å². The van der Waals surface area contributed by atoms with Crippen molar-refractivity contribution in [1.29, 1.82) is 0 Å². The highest BCUT2D eigenvalue weighted by Gasteiger charge is 2.17. The molecule has 0 aliphatic carbocycles. The van der Waals surface area contributed by atoms with Crippen molar-refractivity contribution in [2.75, 3.05) is 5.75 Å². The van der Waals surface area contributed by atoms with Gasteiger partial charge in [-0.25, -0.2) is 27.2 Å². The lowest BCUT2D eigenvalue weighted by atomic mass is 10.2. The second-order valence-corrected chi connectivity index (χ2v) is 9.86. The molecule has 0 saturated carbocycles. The van der Waals surface area contributed by atoms with Crippen molar-refractivity contribution in [3.8, 4) is 34.5 Å². The molecular formula is C25H18F2N4O4S. The Bertz CT molecular complexity index is 1660. The number of hydrogen-bond acceptors (Lipinski definition) is 7. The number of H-pyrrole nitrogens is 1. The van der Waals surface area contributed by atoms with Gasteiger partial charge in [0.05, 0.1) is 17.5 Å². The first kappa shape index (κ1) is 23.4. The topological polar surface area (TPSA) is 107 Å². The van der Waals surface area contributed by atoms with Crippen LogP contribution in [0, 0.1) is 11.6 Å². The molecule has 0 bridgehead atoms. The van der Waals surface area contributed by atoms with Gasteiger partial charge < -0.3 is 14.5 Å². The Labute approximate surface area is 204 Å². The molecule has 5 aromatic rings. The average molecular weight is 509 g/mol. The number of nitrogens with zero attached hydrogens (tertiary/aromatic N) is 3. The lowest BCUT2D eigenvalue weighted by Crippen LogP contribution is -2.05. The van der Waals surface area contributed by atoms with Crippen LogP contribution in [-0.4, -0.2) is 34.1 Å². The smallest absolute Gasteiger partial charge is 0.195 e. The van der Waals surface area contributed by atoms with E-state index >= 15 is 0 Å². The van der Waals surface area contributed by atoms with Crippen LogP contribution in [0.4, 0.5) is 8.78 Å². The Morgan fingerprint density at radius 3 is 2.50 bits per heavy atom. The molecule has 0 aliphatic rings. The molecule has 3 heterocycles. The molecule has 0 unspecified atom stereocenters. The number of fused-ring (bicyclic) bond motifs is 1. The summed E-state index contributed by atoms with van der Waals surface area (Å²) in [5.41, 5.74) is 1.39. The Balaban J connectivity index is 1.56. The van der Waals surface area contributed by atoms with Crippen LogP contribution in [0.3, 0.4) is 0 Å². The zero-order valence-corrected chi connectivity index (χ0v) is 19.6. The molecular weight excluding hydrogens is 490 g/mol. The molecule has 36 heavy (non-hydrogen) atoms. The molecule has 0 radical (unpaired) electrons. The predicted octanol–water partition coefficient (Wildman–Crippen LogP) is 5.68. The number of imidazole rings is 1. The molecule has 1 N–H and O–H groups in total. The van der Waals surface area contributed by atoms with Gasteiger partial charge in [0.25, 0.3) is 0 Å². The number of aromatic amines is 1. The summed E-state index contributed by atoms with van der Waals surface area (Å²) < 4.78 is 63.7. The third-order valence-electron chi connectivity index (χ3n) is 5.19. The summed E-state index contributed by atoms with van der Waals surface area (Å²) in [6.45, 7) is 1.53. The number of hydrogen-bond donors (Lipinski definition) is 1. The fourth-order valence-electron chi connectivity index (χ4n) is 3.39. The molecule has 0 amide bonds. The molecule has 182 valence electrons. The van der Waals surface area contributed by atoms with E-state index in [-0.39, 0.29) is 33.8 Å². The molecule has 0 aliphatic heterocycles. The maximum Gasteiger partial charge on any atom is 0.195 e. The highest BCUT2D eigenvalue weighted by atomic mass is 32.2. The van der Waals surface area contributed by atoms with E-state index in [1.165, 1.54) is 31.3 Å². The number of rotatable bonds is 7. The Kier molecular flexibility index (Phi) is 6.06. The van der Waals surface area contributed by atoms with E-state index in [0.717, 1.165) is 18.2 Å². The molecule has 8 nitrogen and oxygen atoms in total.